The average Bonchev–Trinajstić information content (AvgIpc) is 2.52. The third kappa shape index (κ3) is 4.72. The van der Waals surface area contributed by atoms with Crippen LogP contribution in [-0.2, 0) is 6.42 Å². The van der Waals surface area contributed by atoms with Crippen molar-refractivity contribution in [3.8, 4) is 0 Å². The second kappa shape index (κ2) is 8.60. The molecular formula is C15H22N2OS2. The molecule has 1 saturated heterocycles. The van der Waals surface area contributed by atoms with Crippen molar-refractivity contribution in [3.63, 3.8) is 0 Å². The van der Waals surface area contributed by atoms with Gasteiger partial charge in [0.05, 0.1) is 0 Å². The van der Waals surface area contributed by atoms with E-state index in [1.807, 2.05) is 54.8 Å². The molecule has 0 aliphatic carbocycles. The first-order valence-corrected chi connectivity index (χ1v) is 9.21. The summed E-state index contributed by atoms with van der Waals surface area (Å²) in [6.07, 6.45) is 0.883. The van der Waals surface area contributed by atoms with Crippen LogP contribution in [-0.4, -0.2) is 48.6 Å². The number of nitrogens with one attached hydrogen (secondary N) is 2. The number of likely N-dealkylation sites (N-methyl/N-ethyl adjacent to an activating group) is 1. The van der Waals surface area contributed by atoms with Gasteiger partial charge < -0.3 is 10.6 Å². The molecule has 1 unspecified atom stereocenters. The van der Waals surface area contributed by atoms with E-state index in [1.54, 1.807) is 0 Å². The van der Waals surface area contributed by atoms with Crippen molar-refractivity contribution in [1.82, 2.24) is 10.6 Å². The lowest BCUT2D eigenvalue weighted by molar-refractivity contribution is 0.0953. The lowest BCUT2D eigenvalue weighted by Crippen LogP contribution is -2.34. The molecular weight excluding hydrogens is 288 g/mol. The Kier molecular flexibility index (Phi) is 6.76. The topological polar surface area (TPSA) is 41.1 Å². The number of carbonyl (C=O) groups excluding carboxylic acids is 1. The maximum absolute atomic E-state index is 12.3. The molecule has 1 aromatic carbocycles. The normalized spacial score (nSPS) is 18.8. The highest BCUT2D eigenvalue weighted by Crippen LogP contribution is 2.23. The molecule has 0 saturated carbocycles. The molecule has 20 heavy (non-hydrogen) atoms. The highest BCUT2D eigenvalue weighted by atomic mass is 32.2. The lowest BCUT2D eigenvalue weighted by Gasteiger charge is -2.21. The molecule has 1 atom stereocenters. The van der Waals surface area contributed by atoms with Gasteiger partial charge in [0.25, 0.3) is 5.91 Å². The fourth-order valence-electron chi connectivity index (χ4n) is 2.18. The van der Waals surface area contributed by atoms with Crippen molar-refractivity contribution in [2.75, 3.05) is 37.4 Å². The zero-order chi connectivity index (χ0) is 14.2. The molecule has 1 aliphatic heterocycles. The number of benzene rings is 1. The summed E-state index contributed by atoms with van der Waals surface area (Å²) in [5, 5.41) is 6.78. The van der Waals surface area contributed by atoms with Crippen LogP contribution < -0.4 is 10.6 Å². The summed E-state index contributed by atoms with van der Waals surface area (Å²) in [5.74, 6) is 3.64. The molecule has 2 N–H and O–H groups in total. The van der Waals surface area contributed by atoms with Crippen molar-refractivity contribution in [2.24, 2.45) is 0 Å². The van der Waals surface area contributed by atoms with Gasteiger partial charge in [-0.3, -0.25) is 4.79 Å². The van der Waals surface area contributed by atoms with Crippen LogP contribution in [0.3, 0.4) is 0 Å². The Morgan fingerprint density at radius 1 is 1.35 bits per heavy atom. The summed E-state index contributed by atoms with van der Waals surface area (Å²) in [7, 11) is 1.93. The van der Waals surface area contributed by atoms with Gasteiger partial charge in [-0.05, 0) is 31.6 Å². The smallest absolute Gasteiger partial charge is 0.251 e. The Morgan fingerprint density at radius 3 is 2.95 bits per heavy atom. The quantitative estimate of drug-likeness (QED) is 0.843. The third-order valence-electron chi connectivity index (χ3n) is 3.28. The summed E-state index contributed by atoms with van der Waals surface area (Å²) in [6, 6.07) is 7.89. The first-order valence-electron chi connectivity index (χ1n) is 7.01. The Labute approximate surface area is 129 Å². The van der Waals surface area contributed by atoms with E-state index < -0.39 is 0 Å². The lowest BCUT2D eigenvalue weighted by atomic mass is 10.0. The minimum Gasteiger partial charge on any atom is -0.351 e. The minimum absolute atomic E-state index is 0.0628. The van der Waals surface area contributed by atoms with Crippen LogP contribution in [0, 0.1) is 0 Å². The standard InChI is InChI=1S/C15H22N2OS2/c1-16-7-6-12-4-2-3-5-14(12)15(18)17-10-13-11-19-8-9-20-13/h2-5,13,16H,6-11H2,1H3,(H,17,18). The molecule has 1 heterocycles. The fraction of sp³-hybridized carbons (Fsp3) is 0.533. The van der Waals surface area contributed by atoms with Crippen LogP contribution in [0.4, 0.5) is 0 Å². The summed E-state index contributed by atoms with van der Waals surface area (Å²) >= 11 is 3.96. The van der Waals surface area contributed by atoms with E-state index in [0.29, 0.717) is 5.25 Å². The second-order valence-electron chi connectivity index (χ2n) is 4.79. The van der Waals surface area contributed by atoms with Crippen LogP contribution >= 0.6 is 23.5 Å². The maximum atomic E-state index is 12.3. The first-order chi connectivity index (χ1) is 9.81. The molecule has 0 radical (unpaired) electrons. The van der Waals surface area contributed by atoms with Gasteiger partial charge in [-0.25, -0.2) is 0 Å². The van der Waals surface area contributed by atoms with Gasteiger partial charge in [-0.15, -0.1) is 0 Å². The van der Waals surface area contributed by atoms with E-state index in [0.717, 1.165) is 36.4 Å². The highest BCUT2D eigenvalue weighted by Gasteiger charge is 2.16. The van der Waals surface area contributed by atoms with Crippen LogP contribution in [0.1, 0.15) is 15.9 Å². The molecule has 0 aromatic heterocycles. The maximum Gasteiger partial charge on any atom is 0.251 e. The highest BCUT2D eigenvalue weighted by molar-refractivity contribution is 8.06. The Balaban J connectivity index is 1.90. The Bertz CT molecular complexity index is 434. The molecule has 5 heteroatoms. The number of rotatable bonds is 6. The van der Waals surface area contributed by atoms with E-state index >= 15 is 0 Å². The predicted octanol–water partition coefficient (Wildman–Crippen LogP) is 2.03. The zero-order valence-corrected chi connectivity index (χ0v) is 13.5. The molecule has 1 aromatic rings. The van der Waals surface area contributed by atoms with Gasteiger partial charge in [-0.1, -0.05) is 18.2 Å². The number of amides is 1. The molecule has 2 rings (SSSR count). The van der Waals surface area contributed by atoms with Crippen molar-refractivity contribution in [3.05, 3.63) is 35.4 Å². The van der Waals surface area contributed by atoms with Crippen LogP contribution in [0.5, 0.6) is 0 Å². The van der Waals surface area contributed by atoms with E-state index in [1.165, 1.54) is 11.5 Å². The molecule has 1 fully saturated rings. The molecule has 1 amide bonds. The van der Waals surface area contributed by atoms with Crippen molar-refractivity contribution >= 4 is 29.4 Å². The second-order valence-corrected chi connectivity index (χ2v) is 7.35. The molecule has 1 aliphatic rings. The number of hydrogen-bond donors (Lipinski definition) is 2. The Morgan fingerprint density at radius 2 is 2.20 bits per heavy atom. The Hall–Kier alpha value is -0.650. The van der Waals surface area contributed by atoms with Gasteiger partial charge in [0.1, 0.15) is 0 Å². The molecule has 3 nitrogen and oxygen atoms in total. The summed E-state index contributed by atoms with van der Waals surface area (Å²) in [6.45, 7) is 1.66. The molecule has 110 valence electrons. The van der Waals surface area contributed by atoms with Crippen molar-refractivity contribution in [2.45, 2.75) is 11.7 Å². The molecule has 0 bridgehead atoms. The SMILES string of the molecule is CNCCc1ccccc1C(=O)NCC1CSCCS1. The molecule has 0 spiro atoms. The van der Waals surface area contributed by atoms with Gasteiger partial charge in [0.15, 0.2) is 0 Å². The summed E-state index contributed by atoms with van der Waals surface area (Å²) < 4.78 is 0. The zero-order valence-electron chi connectivity index (χ0n) is 11.9. The van der Waals surface area contributed by atoms with Gasteiger partial charge in [-0.2, -0.15) is 23.5 Å². The van der Waals surface area contributed by atoms with Crippen LogP contribution in [0.2, 0.25) is 0 Å². The fourth-order valence-corrected chi connectivity index (χ4v) is 4.79. The van der Waals surface area contributed by atoms with Gasteiger partial charge >= 0.3 is 0 Å². The van der Waals surface area contributed by atoms with Crippen molar-refractivity contribution in [1.29, 1.82) is 0 Å². The van der Waals surface area contributed by atoms with E-state index in [2.05, 4.69) is 10.6 Å². The number of thioether (sulfide) groups is 2. The number of hydrogen-bond acceptors (Lipinski definition) is 4. The monoisotopic (exact) mass is 310 g/mol. The van der Waals surface area contributed by atoms with E-state index in [-0.39, 0.29) is 5.91 Å². The van der Waals surface area contributed by atoms with Crippen LogP contribution in [0.15, 0.2) is 24.3 Å². The summed E-state index contributed by atoms with van der Waals surface area (Å²) in [4.78, 5) is 12.3. The largest absolute Gasteiger partial charge is 0.351 e. The van der Waals surface area contributed by atoms with Gasteiger partial charge in [0, 0.05) is 34.6 Å². The first kappa shape index (κ1) is 15.7. The van der Waals surface area contributed by atoms with Gasteiger partial charge in [0.2, 0.25) is 0 Å². The predicted molar refractivity (Wildman–Crippen MR) is 90.0 cm³/mol. The van der Waals surface area contributed by atoms with Crippen LogP contribution in [0.25, 0.3) is 0 Å². The minimum atomic E-state index is 0.0628. The van der Waals surface area contributed by atoms with Crippen molar-refractivity contribution < 1.29 is 4.79 Å². The van der Waals surface area contributed by atoms with E-state index in [9.17, 15) is 4.79 Å². The number of carbonyl (C=O) groups is 1. The third-order valence-corrected chi connectivity index (χ3v) is 6.13. The average molecular weight is 310 g/mol. The summed E-state index contributed by atoms with van der Waals surface area (Å²) in [5.41, 5.74) is 1.93. The van der Waals surface area contributed by atoms with E-state index in [4.69, 9.17) is 0 Å².